The van der Waals surface area contributed by atoms with Crippen LogP contribution in [0.15, 0.2) is 4.42 Å². The average Bonchev–Trinajstić information content (AvgIpc) is 3.05. The highest BCUT2D eigenvalue weighted by Crippen LogP contribution is 2.19. The van der Waals surface area contributed by atoms with E-state index >= 15 is 0 Å². The second kappa shape index (κ2) is 7.09. The molecular formula is C15H24N4O3. The zero-order valence-corrected chi connectivity index (χ0v) is 13.2. The summed E-state index contributed by atoms with van der Waals surface area (Å²) in [6.07, 6.45) is 4.67. The number of aromatic nitrogens is 2. The van der Waals surface area contributed by atoms with Gasteiger partial charge in [-0.1, -0.05) is 12.0 Å². The van der Waals surface area contributed by atoms with Crippen LogP contribution in [0.1, 0.15) is 38.5 Å². The summed E-state index contributed by atoms with van der Waals surface area (Å²) in [6, 6.07) is 0.569. The highest BCUT2D eigenvalue weighted by atomic mass is 16.5. The van der Waals surface area contributed by atoms with E-state index in [4.69, 9.17) is 9.15 Å². The molecule has 2 saturated heterocycles. The number of carbonyl (C=O) groups is 1. The van der Waals surface area contributed by atoms with Crippen LogP contribution in [-0.4, -0.2) is 59.9 Å². The molecule has 7 nitrogen and oxygen atoms in total. The van der Waals surface area contributed by atoms with E-state index in [1.165, 1.54) is 6.42 Å². The Morgan fingerprint density at radius 3 is 2.68 bits per heavy atom. The SMILES string of the molecule is CCc1nnc(N2CCN(C(=O)CC3CCCCO3)CC2)o1. The maximum absolute atomic E-state index is 12.3. The Kier molecular flexibility index (Phi) is 4.92. The second-order valence-corrected chi connectivity index (χ2v) is 5.89. The first-order valence-electron chi connectivity index (χ1n) is 8.23. The molecule has 0 bridgehead atoms. The Labute approximate surface area is 130 Å². The monoisotopic (exact) mass is 308 g/mol. The van der Waals surface area contributed by atoms with E-state index < -0.39 is 0 Å². The van der Waals surface area contributed by atoms with Crippen molar-refractivity contribution in [2.45, 2.75) is 45.1 Å². The molecule has 1 aromatic rings. The Balaban J connectivity index is 1.47. The normalized spacial score (nSPS) is 22.9. The Hall–Kier alpha value is -1.63. The third kappa shape index (κ3) is 3.58. The molecule has 0 N–H and O–H groups in total. The summed E-state index contributed by atoms with van der Waals surface area (Å²) in [5.41, 5.74) is 0. The van der Waals surface area contributed by atoms with Crippen LogP contribution in [-0.2, 0) is 16.0 Å². The molecule has 3 rings (SSSR count). The van der Waals surface area contributed by atoms with Crippen molar-refractivity contribution < 1.29 is 13.9 Å². The Morgan fingerprint density at radius 2 is 2.05 bits per heavy atom. The minimum absolute atomic E-state index is 0.113. The Morgan fingerprint density at radius 1 is 1.23 bits per heavy atom. The van der Waals surface area contributed by atoms with Gasteiger partial charge in [0.1, 0.15) is 0 Å². The van der Waals surface area contributed by atoms with Gasteiger partial charge in [-0.2, -0.15) is 0 Å². The molecule has 3 heterocycles. The van der Waals surface area contributed by atoms with Crippen molar-refractivity contribution in [3.05, 3.63) is 5.89 Å². The van der Waals surface area contributed by atoms with E-state index in [-0.39, 0.29) is 12.0 Å². The van der Waals surface area contributed by atoms with Crippen LogP contribution in [0.3, 0.4) is 0 Å². The van der Waals surface area contributed by atoms with E-state index in [2.05, 4.69) is 10.2 Å². The number of carbonyl (C=O) groups excluding carboxylic acids is 1. The number of hydrogen-bond acceptors (Lipinski definition) is 6. The highest BCUT2D eigenvalue weighted by Gasteiger charge is 2.26. The van der Waals surface area contributed by atoms with Gasteiger partial charge in [0.15, 0.2) is 0 Å². The van der Waals surface area contributed by atoms with Crippen LogP contribution in [0.4, 0.5) is 6.01 Å². The first-order chi connectivity index (χ1) is 10.8. The van der Waals surface area contributed by atoms with Crippen molar-refractivity contribution in [2.24, 2.45) is 0 Å². The van der Waals surface area contributed by atoms with Crippen LogP contribution in [0.2, 0.25) is 0 Å². The van der Waals surface area contributed by atoms with Crippen molar-refractivity contribution in [2.75, 3.05) is 37.7 Å². The summed E-state index contributed by atoms with van der Waals surface area (Å²) in [5.74, 6) is 0.856. The average molecular weight is 308 g/mol. The van der Waals surface area contributed by atoms with Crippen LogP contribution in [0.5, 0.6) is 0 Å². The fourth-order valence-electron chi connectivity index (χ4n) is 2.95. The molecule has 1 unspecified atom stereocenters. The van der Waals surface area contributed by atoms with Crippen LogP contribution < -0.4 is 4.90 Å². The van der Waals surface area contributed by atoms with Crippen molar-refractivity contribution in [1.29, 1.82) is 0 Å². The highest BCUT2D eigenvalue weighted by molar-refractivity contribution is 5.77. The third-order valence-electron chi connectivity index (χ3n) is 4.34. The lowest BCUT2D eigenvalue weighted by Crippen LogP contribution is -2.49. The van der Waals surface area contributed by atoms with Gasteiger partial charge in [0.05, 0.1) is 12.5 Å². The number of aryl methyl sites for hydroxylation is 1. The van der Waals surface area contributed by atoms with Gasteiger partial charge in [0.25, 0.3) is 0 Å². The van der Waals surface area contributed by atoms with Gasteiger partial charge < -0.3 is 19.0 Å². The first-order valence-corrected chi connectivity index (χ1v) is 8.23. The smallest absolute Gasteiger partial charge is 0.318 e. The molecule has 0 aliphatic carbocycles. The van der Waals surface area contributed by atoms with Crippen LogP contribution in [0, 0.1) is 0 Å². The maximum Gasteiger partial charge on any atom is 0.318 e. The quantitative estimate of drug-likeness (QED) is 0.833. The van der Waals surface area contributed by atoms with Gasteiger partial charge in [-0.25, -0.2) is 0 Å². The van der Waals surface area contributed by atoms with Gasteiger partial charge in [-0.15, -0.1) is 5.10 Å². The number of hydrogen-bond donors (Lipinski definition) is 0. The minimum atomic E-state index is 0.113. The zero-order chi connectivity index (χ0) is 15.4. The fourth-order valence-corrected chi connectivity index (χ4v) is 2.95. The minimum Gasteiger partial charge on any atom is -0.408 e. The molecule has 0 radical (unpaired) electrons. The molecule has 0 saturated carbocycles. The molecular weight excluding hydrogens is 284 g/mol. The number of nitrogens with zero attached hydrogens (tertiary/aromatic N) is 4. The van der Waals surface area contributed by atoms with Gasteiger partial charge in [0.2, 0.25) is 11.8 Å². The molecule has 0 aromatic carbocycles. The van der Waals surface area contributed by atoms with Gasteiger partial charge >= 0.3 is 6.01 Å². The van der Waals surface area contributed by atoms with Crippen molar-refractivity contribution in [3.8, 4) is 0 Å². The lowest BCUT2D eigenvalue weighted by Gasteiger charge is -2.34. The van der Waals surface area contributed by atoms with Gasteiger partial charge in [-0.3, -0.25) is 4.79 Å². The fraction of sp³-hybridized carbons (Fsp3) is 0.800. The summed E-state index contributed by atoms with van der Waals surface area (Å²) in [5, 5.41) is 8.05. The number of ether oxygens (including phenoxy) is 1. The predicted molar refractivity (Wildman–Crippen MR) is 80.7 cm³/mol. The summed E-state index contributed by atoms with van der Waals surface area (Å²) in [7, 11) is 0. The summed E-state index contributed by atoms with van der Waals surface area (Å²) < 4.78 is 11.2. The molecule has 2 fully saturated rings. The molecule has 22 heavy (non-hydrogen) atoms. The predicted octanol–water partition coefficient (Wildman–Crippen LogP) is 1.24. The largest absolute Gasteiger partial charge is 0.408 e. The summed E-state index contributed by atoms with van der Waals surface area (Å²) >= 11 is 0. The van der Waals surface area contributed by atoms with Crippen LogP contribution in [0.25, 0.3) is 0 Å². The topological polar surface area (TPSA) is 71.7 Å². The van der Waals surface area contributed by atoms with E-state index in [9.17, 15) is 4.79 Å². The maximum atomic E-state index is 12.3. The van der Waals surface area contributed by atoms with Gasteiger partial charge in [-0.05, 0) is 19.3 Å². The number of rotatable bonds is 4. The molecule has 7 heteroatoms. The molecule has 2 aliphatic rings. The summed E-state index contributed by atoms with van der Waals surface area (Å²) in [6.45, 7) is 5.67. The van der Waals surface area contributed by atoms with Crippen molar-refractivity contribution in [3.63, 3.8) is 0 Å². The van der Waals surface area contributed by atoms with Crippen molar-refractivity contribution in [1.82, 2.24) is 15.1 Å². The third-order valence-corrected chi connectivity index (χ3v) is 4.34. The lowest BCUT2D eigenvalue weighted by molar-refractivity contribution is -0.135. The molecule has 1 aromatic heterocycles. The number of anilines is 1. The molecule has 1 atom stereocenters. The van der Waals surface area contributed by atoms with E-state index in [1.54, 1.807) is 0 Å². The summed E-state index contributed by atoms with van der Waals surface area (Å²) in [4.78, 5) is 16.3. The first kappa shape index (κ1) is 15.3. The van der Waals surface area contributed by atoms with E-state index in [0.29, 0.717) is 31.4 Å². The standard InChI is InChI=1S/C15H24N4O3/c1-2-13-16-17-15(22-13)19-8-6-18(7-9-19)14(20)11-12-5-3-4-10-21-12/h12H,2-11H2,1H3. The molecule has 1 amide bonds. The van der Waals surface area contributed by atoms with Crippen molar-refractivity contribution >= 4 is 11.9 Å². The number of piperazine rings is 1. The molecule has 0 spiro atoms. The zero-order valence-electron chi connectivity index (χ0n) is 13.2. The van der Waals surface area contributed by atoms with E-state index in [0.717, 1.165) is 39.0 Å². The van der Waals surface area contributed by atoms with Gasteiger partial charge in [0, 0.05) is 39.2 Å². The van der Waals surface area contributed by atoms with E-state index in [1.807, 2.05) is 16.7 Å². The lowest BCUT2D eigenvalue weighted by atomic mass is 10.1. The molecule has 122 valence electrons. The number of amides is 1. The second-order valence-electron chi connectivity index (χ2n) is 5.89. The van der Waals surface area contributed by atoms with Crippen LogP contribution >= 0.6 is 0 Å². The Bertz CT molecular complexity index is 491. The molecule has 2 aliphatic heterocycles.